The van der Waals surface area contributed by atoms with E-state index in [2.05, 4.69) is 45.0 Å². The van der Waals surface area contributed by atoms with Gasteiger partial charge in [-0.3, -0.25) is 0 Å². The Balaban J connectivity index is 0.0000102. The number of nitrogens with two attached hydrogens (primary N) is 1. The minimum absolute atomic E-state index is 0. The van der Waals surface area contributed by atoms with Crippen LogP contribution in [0.2, 0.25) is 0 Å². The third-order valence-electron chi connectivity index (χ3n) is 7.01. The molecule has 1 aromatic rings. The molecule has 0 spiro atoms. The number of rotatable bonds is 22. The molecular weight excluding hydrogens is 422 g/mol. The fourth-order valence-corrected chi connectivity index (χ4v) is 4.94. The highest BCUT2D eigenvalue weighted by Crippen LogP contribution is 2.23. The second-order valence-electron chi connectivity index (χ2n) is 10.8. The van der Waals surface area contributed by atoms with Crippen LogP contribution in [0.4, 0.5) is 0 Å². The van der Waals surface area contributed by atoms with Gasteiger partial charge >= 0.3 is 0 Å². The lowest BCUT2D eigenvalue weighted by Crippen LogP contribution is -2.30. The minimum atomic E-state index is -0.232. The first kappa shape index (κ1) is 32.5. The van der Waals surface area contributed by atoms with Crippen LogP contribution in [-0.2, 0) is 12.0 Å². The summed E-state index contributed by atoms with van der Waals surface area (Å²) in [6, 6.07) is 8.73. The van der Waals surface area contributed by atoms with E-state index in [9.17, 15) is 0 Å². The fraction of sp³-hybridized carbons (Fsp3) is 0.806. The molecular formula is C31H58ClN. The van der Waals surface area contributed by atoms with Crippen molar-refractivity contribution in [3.05, 3.63) is 35.4 Å². The van der Waals surface area contributed by atoms with E-state index in [-0.39, 0.29) is 17.9 Å². The SMILES string of the molecule is CCCCCCCCCCCCCCCCCCCCCCc1ccccc1C(C)(C)N.Cl. The van der Waals surface area contributed by atoms with Crippen molar-refractivity contribution in [3.63, 3.8) is 0 Å². The van der Waals surface area contributed by atoms with Gasteiger partial charge in [0.25, 0.3) is 0 Å². The summed E-state index contributed by atoms with van der Waals surface area (Å²) in [6.45, 7) is 6.53. The maximum absolute atomic E-state index is 6.34. The van der Waals surface area contributed by atoms with Gasteiger partial charge in [-0.25, -0.2) is 0 Å². The second-order valence-corrected chi connectivity index (χ2v) is 10.8. The van der Waals surface area contributed by atoms with Crippen LogP contribution in [0.5, 0.6) is 0 Å². The first-order valence-electron chi connectivity index (χ1n) is 14.4. The maximum Gasteiger partial charge on any atom is 0.0355 e. The maximum atomic E-state index is 6.34. The summed E-state index contributed by atoms with van der Waals surface area (Å²) in [5.74, 6) is 0. The summed E-state index contributed by atoms with van der Waals surface area (Å²) in [7, 11) is 0. The molecule has 0 atom stereocenters. The van der Waals surface area contributed by atoms with Crippen LogP contribution in [-0.4, -0.2) is 0 Å². The molecule has 33 heavy (non-hydrogen) atoms. The highest BCUT2D eigenvalue weighted by molar-refractivity contribution is 5.85. The molecule has 194 valence electrons. The molecule has 0 aliphatic heterocycles. The Bertz CT molecular complexity index is 534. The molecule has 2 N–H and O–H groups in total. The van der Waals surface area contributed by atoms with E-state index in [0.29, 0.717) is 0 Å². The normalized spacial score (nSPS) is 11.5. The largest absolute Gasteiger partial charge is 0.322 e. The monoisotopic (exact) mass is 479 g/mol. The van der Waals surface area contributed by atoms with Gasteiger partial charge in [-0.1, -0.05) is 153 Å². The summed E-state index contributed by atoms with van der Waals surface area (Å²) in [5, 5.41) is 0. The van der Waals surface area contributed by atoms with Crippen LogP contribution >= 0.6 is 12.4 Å². The van der Waals surface area contributed by atoms with E-state index in [1.165, 1.54) is 146 Å². The molecule has 0 radical (unpaired) electrons. The van der Waals surface area contributed by atoms with Crippen molar-refractivity contribution < 1.29 is 0 Å². The summed E-state index contributed by atoms with van der Waals surface area (Å²) in [6.07, 6.45) is 30.0. The Morgan fingerprint density at radius 2 is 0.879 bits per heavy atom. The molecule has 1 aromatic carbocycles. The minimum Gasteiger partial charge on any atom is -0.322 e. The summed E-state index contributed by atoms with van der Waals surface area (Å²) >= 11 is 0. The lowest BCUT2D eigenvalue weighted by atomic mass is 9.89. The van der Waals surface area contributed by atoms with E-state index in [1.807, 2.05) is 0 Å². The molecule has 0 heterocycles. The Morgan fingerprint density at radius 3 is 1.24 bits per heavy atom. The Kier molecular flexibility index (Phi) is 21.6. The first-order valence-corrected chi connectivity index (χ1v) is 14.4. The lowest BCUT2D eigenvalue weighted by molar-refractivity contribution is 0.520. The highest BCUT2D eigenvalue weighted by Gasteiger charge is 2.17. The summed E-state index contributed by atoms with van der Waals surface area (Å²) in [5.41, 5.74) is 8.87. The summed E-state index contributed by atoms with van der Waals surface area (Å²) < 4.78 is 0. The smallest absolute Gasteiger partial charge is 0.0355 e. The zero-order valence-corrected chi connectivity index (χ0v) is 23.5. The standard InChI is InChI=1S/C31H57N.ClH/c1-4-5-6-7-8-9-10-11-12-13-14-15-16-17-18-19-20-21-22-23-26-29-27-24-25-28-30(29)31(2,3)32;/h24-25,27-28H,4-23,26,32H2,1-3H3;1H. The van der Waals surface area contributed by atoms with Crippen LogP contribution in [0.15, 0.2) is 24.3 Å². The first-order chi connectivity index (χ1) is 15.6. The zero-order valence-electron chi connectivity index (χ0n) is 22.6. The molecule has 0 fully saturated rings. The van der Waals surface area contributed by atoms with Gasteiger partial charge in [0, 0.05) is 5.54 Å². The van der Waals surface area contributed by atoms with Crippen molar-refractivity contribution in [3.8, 4) is 0 Å². The van der Waals surface area contributed by atoms with E-state index < -0.39 is 0 Å². The van der Waals surface area contributed by atoms with Gasteiger partial charge in [-0.15, -0.1) is 12.4 Å². The van der Waals surface area contributed by atoms with Gasteiger partial charge in [0.1, 0.15) is 0 Å². The third kappa shape index (κ3) is 18.5. The molecule has 0 aliphatic carbocycles. The quantitative estimate of drug-likeness (QED) is 0.164. The molecule has 0 aromatic heterocycles. The van der Waals surface area contributed by atoms with Crippen molar-refractivity contribution in [2.45, 2.75) is 161 Å². The Labute approximate surface area is 214 Å². The van der Waals surface area contributed by atoms with E-state index in [0.717, 1.165) is 0 Å². The van der Waals surface area contributed by atoms with Crippen LogP contribution in [0.1, 0.15) is 160 Å². The Morgan fingerprint density at radius 1 is 0.545 bits per heavy atom. The van der Waals surface area contributed by atoms with Crippen molar-refractivity contribution in [2.24, 2.45) is 5.73 Å². The predicted octanol–water partition coefficient (Wildman–Crippen LogP) is 10.7. The van der Waals surface area contributed by atoms with Gasteiger partial charge < -0.3 is 5.73 Å². The molecule has 0 saturated carbocycles. The van der Waals surface area contributed by atoms with Crippen molar-refractivity contribution in [1.82, 2.24) is 0 Å². The molecule has 0 aliphatic rings. The summed E-state index contributed by atoms with van der Waals surface area (Å²) in [4.78, 5) is 0. The van der Waals surface area contributed by atoms with Gasteiger partial charge in [0.05, 0.1) is 0 Å². The van der Waals surface area contributed by atoms with Crippen LogP contribution in [0, 0.1) is 0 Å². The third-order valence-corrected chi connectivity index (χ3v) is 7.01. The second kappa shape index (κ2) is 22.0. The average Bonchev–Trinajstić information content (AvgIpc) is 2.77. The number of hydrogen-bond donors (Lipinski definition) is 1. The number of hydrogen-bond acceptors (Lipinski definition) is 1. The van der Waals surface area contributed by atoms with Crippen molar-refractivity contribution >= 4 is 12.4 Å². The van der Waals surface area contributed by atoms with Crippen LogP contribution < -0.4 is 5.73 Å². The molecule has 0 saturated heterocycles. The predicted molar refractivity (Wildman–Crippen MR) is 153 cm³/mol. The van der Waals surface area contributed by atoms with Crippen LogP contribution in [0.3, 0.4) is 0 Å². The van der Waals surface area contributed by atoms with Crippen molar-refractivity contribution in [2.75, 3.05) is 0 Å². The highest BCUT2D eigenvalue weighted by atomic mass is 35.5. The number of benzene rings is 1. The number of aryl methyl sites for hydroxylation is 1. The molecule has 2 heteroatoms. The number of halogens is 1. The zero-order chi connectivity index (χ0) is 23.3. The fourth-order valence-electron chi connectivity index (χ4n) is 4.94. The van der Waals surface area contributed by atoms with Gasteiger partial charge in [0.2, 0.25) is 0 Å². The molecule has 0 bridgehead atoms. The topological polar surface area (TPSA) is 26.0 Å². The molecule has 0 unspecified atom stereocenters. The van der Waals surface area contributed by atoms with E-state index >= 15 is 0 Å². The van der Waals surface area contributed by atoms with E-state index in [4.69, 9.17) is 5.73 Å². The average molecular weight is 480 g/mol. The molecule has 0 amide bonds. The molecule has 1 rings (SSSR count). The van der Waals surface area contributed by atoms with Gasteiger partial charge in [-0.05, 0) is 37.8 Å². The van der Waals surface area contributed by atoms with Crippen molar-refractivity contribution in [1.29, 1.82) is 0 Å². The van der Waals surface area contributed by atoms with Gasteiger partial charge in [-0.2, -0.15) is 0 Å². The Hall–Kier alpha value is -0.530. The van der Waals surface area contributed by atoms with Gasteiger partial charge in [0.15, 0.2) is 0 Å². The number of unbranched alkanes of at least 4 members (excludes halogenated alkanes) is 19. The lowest BCUT2D eigenvalue weighted by Gasteiger charge is -2.23. The van der Waals surface area contributed by atoms with Crippen LogP contribution in [0.25, 0.3) is 0 Å². The van der Waals surface area contributed by atoms with E-state index in [1.54, 1.807) is 0 Å². The molecule has 1 nitrogen and oxygen atoms in total.